The third-order valence-corrected chi connectivity index (χ3v) is 6.25. The topological polar surface area (TPSA) is 88.2 Å². The molecule has 3 amide bonds. The lowest BCUT2D eigenvalue weighted by molar-refractivity contribution is -0.135. The Morgan fingerprint density at radius 2 is 1.94 bits per heavy atom. The lowest BCUT2D eigenvalue weighted by Crippen LogP contribution is -2.48. The molecule has 1 aromatic carbocycles. The molecule has 8 nitrogen and oxygen atoms in total. The molecule has 1 aliphatic heterocycles. The van der Waals surface area contributed by atoms with Crippen molar-refractivity contribution in [2.75, 3.05) is 39.2 Å². The molecule has 0 bridgehead atoms. The summed E-state index contributed by atoms with van der Waals surface area (Å²) in [6.07, 6.45) is 2.59. The summed E-state index contributed by atoms with van der Waals surface area (Å²) in [6, 6.07) is 4.84. The van der Waals surface area contributed by atoms with Crippen molar-refractivity contribution in [3.8, 4) is 5.75 Å². The third kappa shape index (κ3) is 6.00. The van der Waals surface area contributed by atoms with Crippen LogP contribution in [0.3, 0.4) is 0 Å². The molecule has 1 aromatic rings. The molecule has 1 heterocycles. The zero-order chi connectivity index (χ0) is 23.4. The number of rotatable bonds is 4. The van der Waals surface area contributed by atoms with E-state index in [0.717, 1.165) is 12.8 Å². The van der Waals surface area contributed by atoms with Gasteiger partial charge in [0, 0.05) is 58.3 Å². The van der Waals surface area contributed by atoms with Gasteiger partial charge in [-0.2, -0.15) is 0 Å². The molecule has 0 saturated heterocycles. The minimum atomic E-state index is -0.213. The van der Waals surface area contributed by atoms with Crippen LogP contribution in [0.2, 0.25) is 0 Å². The van der Waals surface area contributed by atoms with Gasteiger partial charge in [-0.25, -0.2) is 0 Å². The van der Waals surface area contributed by atoms with Crippen LogP contribution in [0.15, 0.2) is 18.2 Å². The Hall–Kier alpha value is -2.61. The highest BCUT2D eigenvalue weighted by molar-refractivity contribution is 5.98. The van der Waals surface area contributed by atoms with Gasteiger partial charge in [0.2, 0.25) is 11.8 Å². The van der Waals surface area contributed by atoms with E-state index in [1.54, 1.807) is 37.3 Å². The number of hydrogen-bond acceptors (Lipinski definition) is 5. The Labute approximate surface area is 190 Å². The second-order valence-corrected chi connectivity index (χ2v) is 9.18. The second kappa shape index (κ2) is 10.3. The predicted octanol–water partition coefficient (Wildman–Crippen LogP) is 2.78. The standard InChI is InChI=1S/C24H35N3O5/c1-15-12-27(23(29)10-18-6-7-18)16(2)14-32-21-11-19(25-17(3)28)8-9-20(21)24(30)26(4)13-22(15)31-5/h8-9,11,15-16,18,22H,6-7,10,12-14H2,1-5H3,(H,25,28)/t15-,16-,22+/m1/s1. The Bertz CT molecular complexity index is 854. The first kappa shape index (κ1) is 24.0. The van der Waals surface area contributed by atoms with Gasteiger partial charge in [-0.15, -0.1) is 0 Å². The number of benzene rings is 1. The van der Waals surface area contributed by atoms with Gasteiger partial charge in [0.05, 0.1) is 17.7 Å². The number of hydrogen-bond donors (Lipinski definition) is 1. The molecule has 1 fully saturated rings. The van der Waals surface area contributed by atoms with E-state index in [0.29, 0.717) is 42.4 Å². The summed E-state index contributed by atoms with van der Waals surface area (Å²) < 4.78 is 11.8. The highest BCUT2D eigenvalue weighted by Crippen LogP contribution is 2.33. The van der Waals surface area contributed by atoms with Crippen LogP contribution in [-0.2, 0) is 14.3 Å². The summed E-state index contributed by atoms with van der Waals surface area (Å²) in [7, 11) is 3.37. The van der Waals surface area contributed by atoms with Crippen LogP contribution in [0.1, 0.15) is 50.4 Å². The molecule has 0 unspecified atom stereocenters. The molecular weight excluding hydrogens is 410 g/mol. The number of carbonyl (C=O) groups is 3. The van der Waals surface area contributed by atoms with Crippen LogP contribution < -0.4 is 10.1 Å². The Kier molecular flexibility index (Phi) is 7.77. The maximum absolute atomic E-state index is 13.2. The summed E-state index contributed by atoms with van der Waals surface area (Å²) in [5.41, 5.74) is 0.962. The van der Waals surface area contributed by atoms with Crippen molar-refractivity contribution in [3.05, 3.63) is 23.8 Å². The number of fused-ring (bicyclic) bond motifs is 1. The molecule has 3 rings (SSSR count). The summed E-state index contributed by atoms with van der Waals surface area (Å²) in [4.78, 5) is 41.2. The first-order valence-corrected chi connectivity index (χ1v) is 11.3. The normalized spacial score (nSPS) is 24.7. The van der Waals surface area contributed by atoms with Crippen molar-refractivity contribution < 1.29 is 23.9 Å². The summed E-state index contributed by atoms with van der Waals surface area (Å²) >= 11 is 0. The van der Waals surface area contributed by atoms with Gasteiger partial charge >= 0.3 is 0 Å². The zero-order valence-corrected chi connectivity index (χ0v) is 19.7. The number of carbonyl (C=O) groups excluding carboxylic acids is 3. The van der Waals surface area contributed by atoms with Crippen molar-refractivity contribution in [2.24, 2.45) is 11.8 Å². The number of ether oxygens (including phenoxy) is 2. The molecule has 176 valence electrons. The molecule has 1 saturated carbocycles. The molecule has 32 heavy (non-hydrogen) atoms. The largest absolute Gasteiger partial charge is 0.491 e. The fraction of sp³-hybridized carbons (Fsp3) is 0.625. The quantitative estimate of drug-likeness (QED) is 0.770. The lowest BCUT2D eigenvalue weighted by atomic mass is 10.0. The number of nitrogens with one attached hydrogen (secondary N) is 1. The van der Waals surface area contributed by atoms with Crippen LogP contribution in [-0.4, -0.2) is 73.5 Å². The van der Waals surface area contributed by atoms with E-state index in [1.165, 1.54) is 6.92 Å². The third-order valence-electron chi connectivity index (χ3n) is 6.25. The minimum Gasteiger partial charge on any atom is -0.491 e. The summed E-state index contributed by atoms with van der Waals surface area (Å²) in [5.74, 6) is 0.676. The maximum atomic E-state index is 13.2. The first-order chi connectivity index (χ1) is 15.2. The summed E-state index contributed by atoms with van der Waals surface area (Å²) in [6.45, 7) is 6.62. The Balaban J connectivity index is 1.93. The van der Waals surface area contributed by atoms with E-state index >= 15 is 0 Å². The minimum absolute atomic E-state index is 0.0434. The van der Waals surface area contributed by atoms with E-state index in [1.807, 2.05) is 11.8 Å². The molecule has 3 atom stereocenters. The number of methoxy groups -OCH3 is 1. The number of amides is 3. The smallest absolute Gasteiger partial charge is 0.257 e. The number of anilines is 1. The van der Waals surface area contributed by atoms with E-state index in [2.05, 4.69) is 12.2 Å². The van der Waals surface area contributed by atoms with E-state index in [9.17, 15) is 14.4 Å². The number of nitrogens with zero attached hydrogens (tertiary/aromatic N) is 2. The summed E-state index contributed by atoms with van der Waals surface area (Å²) in [5, 5.41) is 2.73. The van der Waals surface area contributed by atoms with Crippen LogP contribution in [0.5, 0.6) is 5.75 Å². The van der Waals surface area contributed by atoms with Gasteiger partial charge in [0.25, 0.3) is 5.91 Å². The second-order valence-electron chi connectivity index (χ2n) is 9.18. The average Bonchev–Trinajstić information content (AvgIpc) is 3.56. The Morgan fingerprint density at radius 1 is 1.22 bits per heavy atom. The lowest BCUT2D eigenvalue weighted by Gasteiger charge is -2.36. The van der Waals surface area contributed by atoms with Crippen LogP contribution in [0.25, 0.3) is 0 Å². The SMILES string of the molecule is CO[C@H]1CN(C)C(=O)c2ccc(NC(C)=O)cc2OC[C@@H](C)N(C(=O)CC2CC2)C[C@H]1C. The zero-order valence-electron chi connectivity index (χ0n) is 19.7. The van der Waals surface area contributed by atoms with Crippen molar-refractivity contribution in [1.82, 2.24) is 9.80 Å². The Morgan fingerprint density at radius 3 is 2.56 bits per heavy atom. The van der Waals surface area contributed by atoms with Crippen molar-refractivity contribution in [2.45, 2.75) is 52.2 Å². The van der Waals surface area contributed by atoms with E-state index < -0.39 is 0 Å². The fourth-order valence-corrected chi connectivity index (χ4v) is 4.09. The maximum Gasteiger partial charge on any atom is 0.257 e. The molecule has 2 aliphatic rings. The van der Waals surface area contributed by atoms with Crippen molar-refractivity contribution in [3.63, 3.8) is 0 Å². The average molecular weight is 446 g/mol. The van der Waals surface area contributed by atoms with Gasteiger partial charge in [-0.1, -0.05) is 6.92 Å². The van der Waals surface area contributed by atoms with E-state index in [4.69, 9.17) is 9.47 Å². The molecule has 0 spiro atoms. The predicted molar refractivity (Wildman–Crippen MR) is 122 cm³/mol. The van der Waals surface area contributed by atoms with Crippen LogP contribution in [0.4, 0.5) is 5.69 Å². The first-order valence-electron chi connectivity index (χ1n) is 11.3. The molecular formula is C24H35N3O5. The van der Waals surface area contributed by atoms with Gasteiger partial charge in [-0.3, -0.25) is 14.4 Å². The highest BCUT2D eigenvalue weighted by Gasteiger charge is 2.33. The van der Waals surface area contributed by atoms with Gasteiger partial charge < -0.3 is 24.6 Å². The van der Waals surface area contributed by atoms with Gasteiger partial charge in [-0.05, 0) is 37.8 Å². The number of likely N-dealkylation sites (N-methyl/N-ethyl adjacent to an activating group) is 1. The van der Waals surface area contributed by atoms with Crippen molar-refractivity contribution >= 4 is 23.4 Å². The van der Waals surface area contributed by atoms with E-state index in [-0.39, 0.29) is 42.4 Å². The molecule has 1 aliphatic carbocycles. The highest BCUT2D eigenvalue weighted by atomic mass is 16.5. The van der Waals surface area contributed by atoms with Crippen molar-refractivity contribution in [1.29, 1.82) is 0 Å². The van der Waals surface area contributed by atoms with Crippen LogP contribution in [0, 0.1) is 11.8 Å². The van der Waals surface area contributed by atoms with Crippen LogP contribution >= 0.6 is 0 Å². The monoisotopic (exact) mass is 445 g/mol. The molecule has 0 radical (unpaired) electrons. The van der Waals surface area contributed by atoms with Gasteiger partial charge in [0.1, 0.15) is 12.4 Å². The van der Waals surface area contributed by atoms with Gasteiger partial charge in [0.15, 0.2) is 0 Å². The molecule has 8 heteroatoms. The molecule has 1 N–H and O–H groups in total. The fourth-order valence-electron chi connectivity index (χ4n) is 4.09. The molecule has 0 aromatic heterocycles.